The van der Waals surface area contributed by atoms with E-state index in [1.807, 2.05) is 18.4 Å². The van der Waals surface area contributed by atoms with Gasteiger partial charge in [-0.15, -0.1) is 11.8 Å². The van der Waals surface area contributed by atoms with Crippen molar-refractivity contribution in [2.24, 2.45) is 0 Å². The number of rotatable bonds is 4. The highest BCUT2D eigenvalue weighted by atomic mass is 32.2. The van der Waals surface area contributed by atoms with Crippen molar-refractivity contribution in [3.05, 3.63) is 12.1 Å². The van der Waals surface area contributed by atoms with Crippen LogP contribution in [0.2, 0.25) is 0 Å². The van der Waals surface area contributed by atoms with Gasteiger partial charge in [-0.05, 0) is 12.3 Å². The van der Waals surface area contributed by atoms with Crippen LogP contribution in [-0.4, -0.2) is 51.2 Å². The lowest BCUT2D eigenvalue weighted by Gasteiger charge is -2.24. The number of anilines is 1. The monoisotopic (exact) mass is 324 g/mol. The standard InChI is InChI=1S/C15H20N2O4S/c1-22-14-8-13-12(20-4-5-21-13)7-11(14)17-15(18)6-10-9-19-3-2-16-10/h7-8,10,16H,2-6,9H2,1H3,(H,17,18). The molecule has 1 amide bonds. The van der Waals surface area contributed by atoms with Crippen molar-refractivity contribution in [2.75, 3.05) is 44.5 Å². The van der Waals surface area contributed by atoms with Gasteiger partial charge in [-0.1, -0.05) is 0 Å². The molecule has 0 radical (unpaired) electrons. The topological polar surface area (TPSA) is 68.8 Å². The lowest BCUT2D eigenvalue weighted by atomic mass is 10.2. The molecule has 0 aromatic heterocycles. The zero-order chi connectivity index (χ0) is 15.4. The molecule has 2 aliphatic rings. The fourth-order valence-corrected chi connectivity index (χ4v) is 3.07. The largest absolute Gasteiger partial charge is 0.486 e. The van der Waals surface area contributed by atoms with Gasteiger partial charge in [-0.3, -0.25) is 4.79 Å². The molecule has 0 saturated carbocycles. The van der Waals surface area contributed by atoms with Gasteiger partial charge in [0.2, 0.25) is 5.91 Å². The second kappa shape index (κ2) is 7.21. The van der Waals surface area contributed by atoms with E-state index in [1.54, 1.807) is 11.8 Å². The Labute approximate surface area is 133 Å². The predicted octanol–water partition coefficient (Wildman–Crippen LogP) is 1.50. The Morgan fingerprint density at radius 3 is 2.77 bits per heavy atom. The average Bonchev–Trinajstić information content (AvgIpc) is 2.55. The van der Waals surface area contributed by atoms with Gasteiger partial charge in [0.1, 0.15) is 13.2 Å². The molecule has 1 fully saturated rings. The number of carbonyl (C=O) groups excluding carboxylic acids is 1. The maximum absolute atomic E-state index is 12.2. The molecule has 2 heterocycles. The summed E-state index contributed by atoms with van der Waals surface area (Å²) in [6.07, 6.45) is 2.36. The number of carbonyl (C=O) groups is 1. The number of hydrogen-bond acceptors (Lipinski definition) is 6. The molecular weight excluding hydrogens is 304 g/mol. The molecule has 2 aliphatic heterocycles. The Balaban J connectivity index is 1.69. The molecule has 0 bridgehead atoms. The van der Waals surface area contributed by atoms with Gasteiger partial charge < -0.3 is 24.8 Å². The first-order valence-corrected chi connectivity index (χ1v) is 8.57. The summed E-state index contributed by atoms with van der Waals surface area (Å²) in [7, 11) is 0. The van der Waals surface area contributed by atoms with Crippen molar-refractivity contribution in [3.8, 4) is 11.5 Å². The van der Waals surface area contributed by atoms with Crippen LogP contribution in [0.3, 0.4) is 0 Å². The normalized spacial score (nSPS) is 20.5. The molecule has 0 aliphatic carbocycles. The van der Waals surface area contributed by atoms with Crippen LogP contribution in [0.4, 0.5) is 5.69 Å². The van der Waals surface area contributed by atoms with Crippen molar-refractivity contribution in [1.82, 2.24) is 5.32 Å². The lowest BCUT2D eigenvalue weighted by Crippen LogP contribution is -2.43. The van der Waals surface area contributed by atoms with Crippen LogP contribution < -0.4 is 20.1 Å². The first-order chi connectivity index (χ1) is 10.8. The van der Waals surface area contributed by atoms with E-state index in [1.165, 1.54) is 0 Å². The van der Waals surface area contributed by atoms with Crippen LogP contribution >= 0.6 is 11.8 Å². The minimum absolute atomic E-state index is 0.0324. The molecule has 3 rings (SSSR count). The third-order valence-electron chi connectivity index (χ3n) is 3.57. The number of nitrogens with one attached hydrogen (secondary N) is 2. The maximum atomic E-state index is 12.2. The molecule has 1 atom stereocenters. The van der Waals surface area contributed by atoms with Gasteiger partial charge in [0.05, 0.1) is 18.9 Å². The summed E-state index contributed by atoms with van der Waals surface area (Å²) in [6, 6.07) is 3.82. The van der Waals surface area contributed by atoms with Crippen LogP contribution in [0, 0.1) is 0 Å². The van der Waals surface area contributed by atoms with Crippen LogP contribution in [0.5, 0.6) is 11.5 Å². The number of hydrogen-bond donors (Lipinski definition) is 2. The summed E-state index contributed by atoms with van der Waals surface area (Å²) >= 11 is 1.57. The van der Waals surface area contributed by atoms with Gasteiger partial charge in [-0.2, -0.15) is 0 Å². The zero-order valence-electron chi connectivity index (χ0n) is 12.5. The molecule has 1 aromatic carbocycles. The molecule has 1 unspecified atom stereocenters. The number of amides is 1. The highest BCUT2D eigenvalue weighted by Gasteiger charge is 2.20. The summed E-state index contributed by atoms with van der Waals surface area (Å²) in [6.45, 7) is 3.15. The smallest absolute Gasteiger partial charge is 0.226 e. The van der Waals surface area contributed by atoms with E-state index in [0.29, 0.717) is 38.6 Å². The van der Waals surface area contributed by atoms with E-state index in [4.69, 9.17) is 14.2 Å². The van der Waals surface area contributed by atoms with E-state index >= 15 is 0 Å². The first-order valence-electron chi connectivity index (χ1n) is 7.35. The SMILES string of the molecule is CSc1cc2c(cc1NC(=O)CC1COCCN1)OCCO2. The Kier molecular flexibility index (Phi) is 5.07. The number of ether oxygens (including phenoxy) is 3. The first kappa shape index (κ1) is 15.5. The predicted molar refractivity (Wildman–Crippen MR) is 85.1 cm³/mol. The summed E-state index contributed by atoms with van der Waals surface area (Å²) < 4.78 is 16.5. The van der Waals surface area contributed by atoms with Gasteiger partial charge in [0.25, 0.3) is 0 Å². The van der Waals surface area contributed by atoms with Gasteiger partial charge in [0.15, 0.2) is 11.5 Å². The summed E-state index contributed by atoms with van der Waals surface area (Å²) in [5.74, 6) is 1.38. The Hall–Kier alpha value is -1.44. The number of thioether (sulfide) groups is 1. The van der Waals surface area contributed by atoms with E-state index in [2.05, 4.69) is 10.6 Å². The Morgan fingerprint density at radius 2 is 2.09 bits per heavy atom. The number of benzene rings is 1. The van der Waals surface area contributed by atoms with Crippen molar-refractivity contribution in [2.45, 2.75) is 17.4 Å². The van der Waals surface area contributed by atoms with Gasteiger partial charge in [0, 0.05) is 30.0 Å². The number of fused-ring (bicyclic) bond motifs is 1. The van der Waals surface area contributed by atoms with Gasteiger partial charge >= 0.3 is 0 Å². The minimum atomic E-state index is -0.0324. The maximum Gasteiger partial charge on any atom is 0.226 e. The van der Waals surface area contributed by atoms with E-state index in [-0.39, 0.29) is 11.9 Å². The quantitative estimate of drug-likeness (QED) is 0.818. The second-order valence-electron chi connectivity index (χ2n) is 5.17. The Bertz CT molecular complexity index is 547. The molecule has 7 heteroatoms. The van der Waals surface area contributed by atoms with Crippen LogP contribution in [0.1, 0.15) is 6.42 Å². The summed E-state index contributed by atoms with van der Waals surface area (Å²) in [5.41, 5.74) is 0.762. The third kappa shape index (κ3) is 3.66. The number of morpholine rings is 1. The van der Waals surface area contributed by atoms with E-state index < -0.39 is 0 Å². The highest BCUT2D eigenvalue weighted by molar-refractivity contribution is 7.98. The molecule has 1 saturated heterocycles. The third-order valence-corrected chi connectivity index (χ3v) is 4.35. The molecule has 0 spiro atoms. The second-order valence-corrected chi connectivity index (χ2v) is 6.02. The van der Waals surface area contributed by atoms with Crippen LogP contribution in [-0.2, 0) is 9.53 Å². The Morgan fingerprint density at radius 1 is 1.32 bits per heavy atom. The zero-order valence-corrected chi connectivity index (χ0v) is 13.3. The molecule has 120 valence electrons. The van der Waals surface area contributed by atoms with Crippen LogP contribution in [0.25, 0.3) is 0 Å². The lowest BCUT2D eigenvalue weighted by molar-refractivity contribution is -0.117. The molecule has 2 N–H and O–H groups in total. The minimum Gasteiger partial charge on any atom is -0.486 e. The summed E-state index contributed by atoms with van der Waals surface area (Å²) in [5, 5.41) is 6.25. The molecule has 22 heavy (non-hydrogen) atoms. The molecule has 1 aromatic rings. The van der Waals surface area contributed by atoms with Crippen molar-refractivity contribution >= 4 is 23.4 Å². The highest BCUT2D eigenvalue weighted by Crippen LogP contribution is 2.39. The van der Waals surface area contributed by atoms with Crippen LogP contribution in [0.15, 0.2) is 17.0 Å². The van der Waals surface area contributed by atoms with E-state index in [0.717, 1.165) is 22.9 Å². The molecule has 6 nitrogen and oxygen atoms in total. The molecular formula is C15H20N2O4S. The van der Waals surface area contributed by atoms with Gasteiger partial charge in [-0.25, -0.2) is 0 Å². The average molecular weight is 324 g/mol. The fraction of sp³-hybridized carbons (Fsp3) is 0.533. The van der Waals surface area contributed by atoms with Crippen molar-refractivity contribution in [1.29, 1.82) is 0 Å². The van der Waals surface area contributed by atoms with Crippen molar-refractivity contribution in [3.63, 3.8) is 0 Å². The summed E-state index contributed by atoms with van der Waals surface area (Å²) in [4.78, 5) is 13.2. The van der Waals surface area contributed by atoms with Crippen molar-refractivity contribution < 1.29 is 19.0 Å². The fourth-order valence-electron chi connectivity index (χ4n) is 2.51. The van der Waals surface area contributed by atoms with E-state index in [9.17, 15) is 4.79 Å².